The number of carboxylic acid groups (broad SMARTS) is 1. The molecule has 3 unspecified atom stereocenters. The standard InChI is InChI=1S/C13H24N2O3/c1-9(6-7-15(2)3)14-12(16)10-4-5-11(8-10)13(17)18/h9-11H,4-8H2,1-3H3,(H,14,16)(H,17,18). The molecule has 2 N–H and O–H groups in total. The highest BCUT2D eigenvalue weighted by Crippen LogP contribution is 2.31. The molecule has 5 heteroatoms. The average molecular weight is 256 g/mol. The fourth-order valence-electron chi connectivity index (χ4n) is 2.33. The molecule has 0 aliphatic heterocycles. The van der Waals surface area contributed by atoms with Gasteiger partial charge < -0.3 is 15.3 Å². The molecule has 5 nitrogen and oxygen atoms in total. The van der Waals surface area contributed by atoms with Gasteiger partial charge in [0.15, 0.2) is 0 Å². The maximum atomic E-state index is 12.0. The van der Waals surface area contributed by atoms with Crippen LogP contribution in [0.1, 0.15) is 32.6 Å². The zero-order valence-corrected chi connectivity index (χ0v) is 11.5. The van der Waals surface area contributed by atoms with E-state index in [1.807, 2.05) is 21.0 Å². The van der Waals surface area contributed by atoms with Crippen LogP contribution in [0.15, 0.2) is 0 Å². The summed E-state index contributed by atoms with van der Waals surface area (Å²) in [5.41, 5.74) is 0. The number of amides is 1. The van der Waals surface area contributed by atoms with E-state index < -0.39 is 5.97 Å². The van der Waals surface area contributed by atoms with Crippen molar-refractivity contribution in [2.24, 2.45) is 11.8 Å². The third-order valence-corrected chi connectivity index (χ3v) is 3.55. The molecule has 0 heterocycles. The Balaban J connectivity index is 2.31. The lowest BCUT2D eigenvalue weighted by atomic mass is 10.0. The first-order chi connectivity index (χ1) is 8.40. The minimum absolute atomic E-state index is 0.0185. The van der Waals surface area contributed by atoms with E-state index in [1.54, 1.807) is 0 Å². The molecule has 1 fully saturated rings. The third-order valence-electron chi connectivity index (χ3n) is 3.55. The lowest BCUT2D eigenvalue weighted by Gasteiger charge is -2.19. The number of carbonyl (C=O) groups excluding carboxylic acids is 1. The molecule has 0 aromatic rings. The van der Waals surface area contributed by atoms with E-state index in [0.717, 1.165) is 13.0 Å². The van der Waals surface area contributed by atoms with E-state index in [4.69, 9.17) is 5.11 Å². The number of aliphatic carboxylic acids is 1. The Bertz CT molecular complexity index is 305. The van der Waals surface area contributed by atoms with Gasteiger partial charge in [0.2, 0.25) is 5.91 Å². The van der Waals surface area contributed by atoms with Gasteiger partial charge >= 0.3 is 5.97 Å². The van der Waals surface area contributed by atoms with Gasteiger partial charge in [-0.2, -0.15) is 0 Å². The summed E-state index contributed by atoms with van der Waals surface area (Å²) >= 11 is 0. The highest BCUT2D eigenvalue weighted by Gasteiger charge is 2.34. The minimum atomic E-state index is -0.772. The Morgan fingerprint density at radius 3 is 2.44 bits per heavy atom. The molecule has 0 spiro atoms. The average Bonchev–Trinajstić information content (AvgIpc) is 2.75. The molecule has 3 atom stereocenters. The number of hydrogen-bond donors (Lipinski definition) is 2. The second-order valence-electron chi connectivity index (χ2n) is 5.55. The van der Waals surface area contributed by atoms with Gasteiger partial charge in [0.25, 0.3) is 0 Å². The zero-order valence-electron chi connectivity index (χ0n) is 11.5. The number of rotatable bonds is 6. The van der Waals surface area contributed by atoms with Crippen molar-refractivity contribution in [3.05, 3.63) is 0 Å². The molecule has 1 amide bonds. The molecule has 1 aliphatic carbocycles. The Morgan fingerprint density at radius 1 is 1.33 bits per heavy atom. The quantitative estimate of drug-likeness (QED) is 0.742. The molecule has 0 bridgehead atoms. The summed E-state index contributed by atoms with van der Waals surface area (Å²) < 4.78 is 0. The van der Waals surface area contributed by atoms with Crippen LogP contribution < -0.4 is 5.32 Å². The minimum Gasteiger partial charge on any atom is -0.481 e. The molecule has 1 aliphatic rings. The summed E-state index contributed by atoms with van der Waals surface area (Å²) in [5, 5.41) is 11.9. The topological polar surface area (TPSA) is 69.6 Å². The Morgan fingerprint density at radius 2 is 1.94 bits per heavy atom. The smallest absolute Gasteiger partial charge is 0.306 e. The van der Waals surface area contributed by atoms with Gasteiger partial charge in [-0.05, 0) is 53.2 Å². The van der Waals surface area contributed by atoms with Crippen molar-refractivity contribution in [3.63, 3.8) is 0 Å². The van der Waals surface area contributed by atoms with Gasteiger partial charge in [-0.15, -0.1) is 0 Å². The maximum absolute atomic E-state index is 12.0. The van der Waals surface area contributed by atoms with Crippen LogP contribution in [-0.2, 0) is 9.59 Å². The summed E-state index contributed by atoms with van der Waals surface area (Å²) in [6, 6.07) is 0.142. The lowest BCUT2D eigenvalue weighted by molar-refractivity contribution is -0.141. The van der Waals surface area contributed by atoms with E-state index >= 15 is 0 Å². The molecule has 104 valence electrons. The SMILES string of the molecule is CC(CCN(C)C)NC(=O)C1CCC(C(=O)O)C1. The second kappa shape index (κ2) is 6.73. The number of carboxylic acids is 1. The maximum Gasteiger partial charge on any atom is 0.306 e. The molecule has 1 rings (SSSR count). The van der Waals surface area contributed by atoms with Crippen LogP contribution in [-0.4, -0.2) is 48.6 Å². The van der Waals surface area contributed by atoms with Crippen LogP contribution in [0.3, 0.4) is 0 Å². The molecule has 0 saturated heterocycles. The van der Waals surface area contributed by atoms with Crippen LogP contribution >= 0.6 is 0 Å². The first kappa shape index (κ1) is 15.0. The Hall–Kier alpha value is -1.10. The first-order valence-electron chi connectivity index (χ1n) is 6.58. The number of nitrogens with one attached hydrogen (secondary N) is 1. The normalized spacial score (nSPS) is 25.1. The van der Waals surface area contributed by atoms with Crippen LogP contribution in [0.4, 0.5) is 0 Å². The number of carbonyl (C=O) groups is 2. The number of nitrogens with zero attached hydrogens (tertiary/aromatic N) is 1. The summed E-state index contributed by atoms with van der Waals surface area (Å²) in [4.78, 5) is 24.9. The highest BCUT2D eigenvalue weighted by atomic mass is 16.4. The first-order valence-corrected chi connectivity index (χ1v) is 6.58. The van der Waals surface area contributed by atoms with Crippen LogP contribution in [0.5, 0.6) is 0 Å². The Kier molecular flexibility index (Phi) is 5.59. The fraction of sp³-hybridized carbons (Fsp3) is 0.846. The predicted octanol–water partition coefficient (Wildman–Crippen LogP) is 0.944. The largest absolute Gasteiger partial charge is 0.481 e. The second-order valence-corrected chi connectivity index (χ2v) is 5.55. The van der Waals surface area contributed by atoms with Gasteiger partial charge in [0.1, 0.15) is 0 Å². The Labute approximate surface area is 109 Å². The summed E-state index contributed by atoms with van der Waals surface area (Å²) in [6.07, 6.45) is 2.72. The lowest BCUT2D eigenvalue weighted by Crippen LogP contribution is -2.38. The molecular formula is C13H24N2O3. The van der Waals surface area contributed by atoms with Crippen LogP contribution in [0, 0.1) is 11.8 Å². The molecule has 0 aromatic carbocycles. The van der Waals surface area contributed by atoms with E-state index in [2.05, 4.69) is 10.2 Å². The van der Waals surface area contributed by atoms with Gasteiger partial charge in [-0.3, -0.25) is 9.59 Å². The van der Waals surface area contributed by atoms with Gasteiger partial charge in [0, 0.05) is 12.0 Å². The fourth-order valence-corrected chi connectivity index (χ4v) is 2.33. The summed E-state index contributed by atoms with van der Waals surface area (Å²) in [6.45, 7) is 2.93. The highest BCUT2D eigenvalue weighted by molar-refractivity contribution is 5.81. The molecular weight excluding hydrogens is 232 g/mol. The van der Waals surface area contributed by atoms with Gasteiger partial charge in [-0.25, -0.2) is 0 Å². The van der Waals surface area contributed by atoms with Crippen molar-refractivity contribution >= 4 is 11.9 Å². The number of hydrogen-bond acceptors (Lipinski definition) is 3. The van der Waals surface area contributed by atoms with Crippen molar-refractivity contribution in [1.82, 2.24) is 10.2 Å². The van der Waals surface area contributed by atoms with Gasteiger partial charge in [0.05, 0.1) is 5.92 Å². The van der Waals surface area contributed by atoms with E-state index in [0.29, 0.717) is 19.3 Å². The van der Waals surface area contributed by atoms with E-state index in [9.17, 15) is 9.59 Å². The van der Waals surface area contributed by atoms with Crippen molar-refractivity contribution in [2.75, 3.05) is 20.6 Å². The zero-order chi connectivity index (χ0) is 13.7. The van der Waals surface area contributed by atoms with Crippen molar-refractivity contribution < 1.29 is 14.7 Å². The molecule has 0 radical (unpaired) electrons. The predicted molar refractivity (Wildman–Crippen MR) is 69.2 cm³/mol. The molecule has 0 aromatic heterocycles. The third kappa shape index (κ3) is 4.64. The van der Waals surface area contributed by atoms with E-state index in [-0.39, 0.29) is 23.8 Å². The van der Waals surface area contributed by atoms with Crippen molar-refractivity contribution in [2.45, 2.75) is 38.6 Å². The summed E-state index contributed by atoms with van der Waals surface area (Å²) in [5.74, 6) is -1.21. The van der Waals surface area contributed by atoms with Crippen LogP contribution in [0.25, 0.3) is 0 Å². The van der Waals surface area contributed by atoms with Crippen molar-refractivity contribution in [3.8, 4) is 0 Å². The molecule has 18 heavy (non-hydrogen) atoms. The van der Waals surface area contributed by atoms with Crippen molar-refractivity contribution in [1.29, 1.82) is 0 Å². The van der Waals surface area contributed by atoms with E-state index in [1.165, 1.54) is 0 Å². The monoisotopic (exact) mass is 256 g/mol. The van der Waals surface area contributed by atoms with Crippen LogP contribution in [0.2, 0.25) is 0 Å². The summed E-state index contributed by atoms with van der Waals surface area (Å²) in [7, 11) is 4.01. The molecule has 1 saturated carbocycles. The van der Waals surface area contributed by atoms with Gasteiger partial charge in [-0.1, -0.05) is 0 Å².